The van der Waals surface area contributed by atoms with Gasteiger partial charge in [0, 0.05) is 10.5 Å². The van der Waals surface area contributed by atoms with Crippen LogP contribution in [0.3, 0.4) is 0 Å². The molecule has 1 aromatic heterocycles. The molecule has 1 amide bonds. The van der Waals surface area contributed by atoms with E-state index in [2.05, 4.69) is 33.3 Å². The molecule has 6 heteroatoms. The van der Waals surface area contributed by atoms with Crippen LogP contribution >= 0.6 is 15.9 Å². The molecule has 0 aliphatic heterocycles. The van der Waals surface area contributed by atoms with Crippen molar-refractivity contribution in [2.24, 2.45) is 5.92 Å². The summed E-state index contributed by atoms with van der Waals surface area (Å²) < 4.78 is 7.80. The van der Waals surface area contributed by atoms with Crippen LogP contribution < -0.4 is 10.1 Å². The number of anilines is 1. The Bertz CT molecular complexity index is 694. The minimum Gasteiger partial charge on any atom is -0.497 e. The summed E-state index contributed by atoms with van der Waals surface area (Å²) >= 11 is 3.41. The number of rotatable bonds is 5. The minimum absolute atomic E-state index is 0.185. The SMILES string of the molecule is COc1ccc(Br)c(C(=O)Nc2ccnn2C(C)C2CC2)c1. The number of carbonyl (C=O) groups excluding carboxylic acids is 1. The number of hydrogen-bond donors (Lipinski definition) is 1. The lowest BCUT2D eigenvalue weighted by Crippen LogP contribution is -2.18. The first-order chi connectivity index (χ1) is 10.6. The molecule has 0 spiro atoms. The van der Waals surface area contributed by atoms with Crippen LogP contribution in [0.2, 0.25) is 0 Å². The van der Waals surface area contributed by atoms with Gasteiger partial charge in [-0.3, -0.25) is 4.79 Å². The molecule has 116 valence electrons. The van der Waals surface area contributed by atoms with E-state index in [1.165, 1.54) is 12.8 Å². The number of ether oxygens (including phenoxy) is 1. The van der Waals surface area contributed by atoms with E-state index in [1.807, 2.05) is 10.7 Å². The summed E-state index contributed by atoms with van der Waals surface area (Å²) in [4.78, 5) is 12.5. The number of nitrogens with zero attached hydrogens (tertiary/aromatic N) is 2. The van der Waals surface area contributed by atoms with E-state index in [9.17, 15) is 4.79 Å². The zero-order chi connectivity index (χ0) is 15.7. The Morgan fingerprint density at radius 2 is 2.23 bits per heavy atom. The van der Waals surface area contributed by atoms with Crippen molar-refractivity contribution in [2.75, 3.05) is 12.4 Å². The fourth-order valence-electron chi connectivity index (χ4n) is 2.51. The van der Waals surface area contributed by atoms with E-state index >= 15 is 0 Å². The van der Waals surface area contributed by atoms with Crippen molar-refractivity contribution in [3.8, 4) is 5.75 Å². The van der Waals surface area contributed by atoms with Gasteiger partial charge in [0.05, 0.1) is 24.9 Å². The molecule has 2 aromatic rings. The standard InChI is InChI=1S/C16H18BrN3O2/c1-10(11-3-4-11)20-15(7-8-18-20)19-16(21)13-9-12(22-2)5-6-14(13)17/h5-11H,3-4H2,1-2H3,(H,19,21). The minimum atomic E-state index is -0.185. The maximum atomic E-state index is 12.5. The highest BCUT2D eigenvalue weighted by Crippen LogP contribution is 2.40. The Hall–Kier alpha value is -1.82. The molecular formula is C16H18BrN3O2. The van der Waals surface area contributed by atoms with Crippen molar-refractivity contribution in [3.63, 3.8) is 0 Å². The number of carbonyl (C=O) groups is 1. The van der Waals surface area contributed by atoms with Gasteiger partial charge in [0.15, 0.2) is 0 Å². The van der Waals surface area contributed by atoms with Crippen molar-refractivity contribution >= 4 is 27.7 Å². The van der Waals surface area contributed by atoms with Crippen LogP contribution in [0.15, 0.2) is 34.9 Å². The first-order valence-corrected chi connectivity index (χ1v) is 8.08. The van der Waals surface area contributed by atoms with Crippen molar-refractivity contribution < 1.29 is 9.53 Å². The lowest BCUT2D eigenvalue weighted by molar-refractivity contribution is 0.102. The van der Waals surface area contributed by atoms with E-state index < -0.39 is 0 Å². The summed E-state index contributed by atoms with van der Waals surface area (Å²) in [6, 6.07) is 7.45. The van der Waals surface area contributed by atoms with Gasteiger partial charge in [-0.2, -0.15) is 5.10 Å². The number of hydrogen-bond acceptors (Lipinski definition) is 3. The smallest absolute Gasteiger partial charge is 0.258 e. The average Bonchev–Trinajstić information content (AvgIpc) is 3.27. The molecule has 5 nitrogen and oxygen atoms in total. The highest BCUT2D eigenvalue weighted by molar-refractivity contribution is 9.10. The van der Waals surface area contributed by atoms with Gasteiger partial charge < -0.3 is 10.1 Å². The summed E-state index contributed by atoms with van der Waals surface area (Å²) in [6.07, 6.45) is 4.18. The highest BCUT2D eigenvalue weighted by Gasteiger charge is 2.30. The summed E-state index contributed by atoms with van der Waals surface area (Å²) in [5, 5.41) is 7.28. The fraction of sp³-hybridized carbons (Fsp3) is 0.375. The predicted molar refractivity (Wildman–Crippen MR) is 88.3 cm³/mol. The number of benzene rings is 1. The third kappa shape index (κ3) is 3.02. The molecule has 0 saturated heterocycles. The van der Waals surface area contributed by atoms with Gasteiger partial charge in [0.1, 0.15) is 11.6 Å². The van der Waals surface area contributed by atoms with Gasteiger partial charge in [-0.15, -0.1) is 0 Å². The van der Waals surface area contributed by atoms with Crippen LogP contribution in [0.25, 0.3) is 0 Å². The number of nitrogens with one attached hydrogen (secondary N) is 1. The Morgan fingerprint density at radius 1 is 1.45 bits per heavy atom. The third-order valence-electron chi connectivity index (χ3n) is 4.02. The Balaban J connectivity index is 1.81. The van der Waals surface area contributed by atoms with Crippen LogP contribution in [-0.2, 0) is 0 Å². The van der Waals surface area contributed by atoms with Crippen molar-refractivity contribution in [1.82, 2.24) is 9.78 Å². The van der Waals surface area contributed by atoms with E-state index in [4.69, 9.17) is 4.74 Å². The lowest BCUT2D eigenvalue weighted by Gasteiger charge is -2.15. The van der Waals surface area contributed by atoms with Crippen molar-refractivity contribution in [1.29, 1.82) is 0 Å². The maximum Gasteiger partial charge on any atom is 0.258 e. The average molecular weight is 364 g/mol. The first-order valence-electron chi connectivity index (χ1n) is 7.28. The second-order valence-electron chi connectivity index (χ2n) is 5.54. The number of aromatic nitrogens is 2. The summed E-state index contributed by atoms with van der Waals surface area (Å²) in [7, 11) is 1.58. The molecule has 1 atom stereocenters. The molecule has 1 unspecified atom stereocenters. The molecule has 1 aliphatic rings. The van der Waals surface area contributed by atoms with Crippen LogP contribution in [0.5, 0.6) is 5.75 Å². The summed E-state index contributed by atoms with van der Waals surface area (Å²) in [6.45, 7) is 2.14. The van der Waals surface area contributed by atoms with Crippen molar-refractivity contribution in [3.05, 3.63) is 40.5 Å². The number of methoxy groups -OCH3 is 1. The summed E-state index contributed by atoms with van der Waals surface area (Å²) in [5.41, 5.74) is 0.533. The van der Waals surface area contributed by atoms with Crippen LogP contribution in [0, 0.1) is 5.92 Å². The van der Waals surface area contributed by atoms with E-state index in [-0.39, 0.29) is 5.91 Å². The molecule has 1 aliphatic carbocycles. The molecule has 0 radical (unpaired) electrons. The topological polar surface area (TPSA) is 56.1 Å². The highest BCUT2D eigenvalue weighted by atomic mass is 79.9. The molecule has 3 rings (SSSR count). The predicted octanol–water partition coefficient (Wildman–Crippen LogP) is 3.88. The third-order valence-corrected chi connectivity index (χ3v) is 4.71. The van der Waals surface area contributed by atoms with Gasteiger partial charge >= 0.3 is 0 Å². The number of amides is 1. The normalized spacial score (nSPS) is 15.4. The maximum absolute atomic E-state index is 12.5. The molecular weight excluding hydrogens is 346 g/mol. The van der Waals surface area contributed by atoms with Gasteiger partial charge in [-0.25, -0.2) is 4.68 Å². The van der Waals surface area contributed by atoms with Gasteiger partial charge in [0.25, 0.3) is 5.91 Å². The molecule has 1 saturated carbocycles. The Labute approximate surface area is 137 Å². The molecule has 1 fully saturated rings. The largest absolute Gasteiger partial charge is 0.497 e. The monoisotopic (exact) mass is 363 g/mol. The summed E-state index contributed by atoms with van der Waals surface area (Å²) in [5.74, 6) is 1.85. The van der Waals surface area contributed by atoms with Gasteiger partial charge in [-0.1, -0.05) is 0 Å². The molecule has 1 aromatic carbocycles. The molecule has 1 N–H and O–H groups in total. The second kappa shape index (κ2) is 6.12. The van der Waals surface area contributed by atoms with E-state index in [0.717, 1.165) is 10.3 Å². The zero-order valence-corrected chi connectivity index (χ0v) is 14.1. The first kappa shape index (κ1) is 15.1. The fourth-order valence-corrected chi connectivity index (χ4v) is 2.93. The molecule has 1 heterocycles. The van der Waals surface area contributed by atoms with E-state index in [0.29, 0.717) is 23.3 Å². The quantitative estimate of drug-likeness (QED) is 0.876. The lowest BCUT2D eigenvalue weighted by atomic mass is 10.2. The van der Waals surface area contributed by atoms with Crippen LogP contribution in [0.1, 0.15) is 36.2 Å². The van der Waals surface area contributed by atoms with Crippen LogP contribution in [-0.4, -0.2) is 22.8 Å². The Morgan fingerprint density at radius 3 is 2.91 bits per heavy atom. The van der Waals surface area contributed by atoms with Gasteiger partial charge in [-0.05, 0) is 59.8 Å². The van der Waals surface area contributed by atoms with Gasteiger partial charge in [0.2, 0.25) is 0 Å². The zero-order valence-electron chi connectivity index (χ0n) is 12.5. The van der Waals surface area contributed by atoms with E-state index in [1.54, 1.807) is 31.5 Å². The van der Waals surface area contributed by atoms with Crippen molar-refractivity contribution in [2.45, 2.75) is 25.8 Å². The molecule has 0 bridgehead atoms. The second-order valence-corrected chi connectivity index (χ2v) is 6.39. The Kier molecular flexibility index (Phi) is 4.20. The van der Waals surface area contributed by atoms with Crippen LogP contribution in [0.4, 0.5) is 5.82 Å². The number of halogens is 1. The molecule has 22 heavy (non-hydrogen) atoms.